The van der Waals surface area contributed by atoms with Gasteiger partial charge >= 0.3 is 0 Å². The molecule has 1 aliphatic heterocycles. The van der Waals surface area contributed by atoms with Crippen molar-refractivity contribution < 1.29 is 4.79 Å². The number of likely N-dealkylation sites (tertiary alicyclic amines) is 1. The zero-order valence-electron chi connectivity index (χ0n) is 13.8. The molecule has 1 amide bonds. The first-order valence-electron chi connectivity index (χ1n) is 8.50. The zero-order chi connectivity index (χ0) is 16.4. The molecule has 7 nitrogen and oxygen atoms in total. The first-order chi connectivity index (χ1) is 11.6. The summed E-state index contributed by atoms with van der Waals surface area (Å²) in [5.41, 5.74) is 2.05. The Morgan fingerprint density at radius 1 is 1.21 bits per heavy atom. The van der Waals surface area contributed by atoms with Crippen LogP contribution in [0.4, 0.5) is 0 Å². The monoisotopic (exact) mass is 324 g/mol. The fourth-order valence-electron chi connectivity index (χ4n) is 4.76. The van der Waals surface area contributed by atoms with Gasteiger partial charge in [0.05, 0.1) is 18.1 Å². The molecular formula is C17H20N6O. The normalized spacial score (nSPS) is 30.3. The van der Waals surface area contributed by atoms with Gasteiger partial charge in [-0.3, -0.25) is 9.48 Å². The van der Waals surface area contributed by atoms with Gasteiger partial charge in [0.15, 0.2) is 5.69 Å². The van der Waals surface area contributed by atoms with Crippen LogP contribution in [0.1, 0.15) is 22.6 Å². The number of amides is 1. The van der Waals surface area contributed by atoms with Crippen LogP contribution in [0.5, 0.6) is 0 Å². The number of hydrogen-bond donors (Lipinski definition) is 0. The number of rotatable bonds is 2. The molecule has 2 aliphatic carbocycles. The Balaban J connectivity index is 1.40. The van der Waals surface area contributed by atoms with Gasteiger partial charge < -0.3 is 4.90 Å². The van der Waals surface area contributed by atoms with Crippen molar-refractivity contribution in [1.82, 2.24) is 29.7 Å². The molecule has 2 aromatic rings. The van der Waals surface area contributed by atoms with E-state index in [-0.39, 0.29) is 5.91 Å². The average Bonchev–Trinajstić information content (AvgIpc) is 3.34. The fourth-order valence-corrected chi connectivity index (χ4v) is 4.76. The smallest absolute Gasteiger partial charge is 0.276 e. The van der Waals surface area contributed by atoms with Gasteiger partial charge in [0.25, 0.3) is 5.91 Å². The van der Waals surface area contributed by atoms with Crippen molar-refractivity contribution in [2.75, 3.05) is 13.1 Å². The van der Waals surface area contributed by atoms with Gasteiger partial charge in [-0.2, -0.15) is 5.10 Å². The SMILES string of the molecule is Cc1c(C(=O)N2C[C@@H]3C4C=CC(C4)[C@@H]3C2)nnn1-c1cnn(C)c1. The van der Waals surface area contributed by atoms with Crippen LogP contribution in [0.15, 0.2) is 24.5 Å². The quantitative estimate of drug-likeness (QED) is 0.779. The van der Waals surface area contributed by atoms with Crippen molar-refractivity contribution >= 4 is 5.91 Å². The highest BCUT2D eigenvalue weighted by molar-refractivity contribution is 5.93. The molecule has 1 saturated carbocycles. The second-order valence-electron chi connectivity index (χ2n) is 7.29. The van der Waals surface area contributed by atoms with Crippen molar-refractivity contribution in [2.45, 2.75) is 13.3 Å². The maximum absolute atomic E-state index is 13.0. The molecule has 2 bridgehead atoms. The molecule has 5 rings (SSSR count). The summed E-state index contributed by atoms with van der Waals surface area (Å²) in [7, 11) is 1.85. The Bertz CT molecular complexity index is 829. The first-order valence-corrected chi connectivity index (χ1v) is 8.50. The third kappa shape index (κ3) is 1.84. The van der Waals surface area contributed by atoms with Crippen molar-refractivity contribution in [1.29, 1.82) is 0 Å². The summed E-state index contributed by atoms with van der Waals surface area (Å²) in [6, 6.07) is 0. The zero-order valence-corrected chi connectivity index (χ0v) is 13.8. The predicted molar refractivity (Wildman–Crippen MR) is 86.5 cm³/mol. The molecule has 3 heterocycles. The third-order valence-electron chi connectivity index (χ3n) is 5.98. The third-order valence-corrected chi connectivity index (χ3v) is 5.98. The van der Waals surface area contributed by atoms with E-state index in [1.165, 1.54) is 6.42 Å². The minimum atomic E-state index is 0.0106. The molecule has 24 heavy (non-hydrogen) atoms. The summed E-state index contributed by atoms with van der Waals surface area (Å²) < 4.78 is 3.39. The molecule has 0 N–H and O–H groups in total. The second kappa shape index (κ2) is 4.78. The van der Waals surface area contributed by atoms with Crippen LogP contribution < -0.4 is 0 Å². The Morgan fingerprint density at radius 3 is 2.54 bits per heavy atom. The summed E-state index contributed by atoms with van der Waals surface area (Å²) in [4.78, 5) is 14.9. The van der Waals surface area contributed by atoms with Crippen LogP contribution in [-0.2, 0) is 7.05 Å². The van der Waals surface area contributed by atoms with E-state index in [2.05, 4.69) is 27.6 Å². The molecule has 124 valence electrons. The van der Waals surface area contributed by atoms with Crippen LogP contribution in [0.3, 0.4) is 0 Å². The lowest BCUT2D eigenvalue weighted by Gasteiger charge is -2.17. The molecule has 2 unspecified atom stereocenters. The molecule has 2 aromatic heterocycles. The lowest BCUT2D eigenvalue weighted by molar-refractivity contribution is 0.0770. The van der Waals surface area contributed by atoms with Crippen LogP contribution in [0, 0.1) is 30.6 Å². The predicted octanol–water partition coefficient (Wildman–Crippen LogP) is 1.20. The van der Waals surface area contributed by atoms with Gasteiger partial charge in [0.1, 0.15) is 5.69 Å². The van der Waals surface area contributed by atoms with Gasteiger partial charge in [-0.05, 0) is 37.0 Å². The van der Waals surface area contributed by atoms with Crippen molar-refractivity contribution in [3.05, 3.63) is 35.9 Å². The van der Waals surface area contributed by atoms with Crippen LogP contribution >= 0.6 is 0 Å². The number of aromatic nitrogens is 5. The van der Waals surface area contributed by atoms with Gasteiger partial charge in [0.2, 0.25) is 0 Å². The standard InChI is InChI=1S/C17H20N6O/c1-10-16(19-20-23(10)13-6-18-21(2)7-13)17(24)22-8-14-11-3-4-12(5-11)15(14)9-22/h3-4,6-7,11-12,14-15H,5,8-9H2,1-2H3/t11?,12?,14-,15+. The van der Waals surface area contributed by atoms with Crippen LogP contribution in [0.2, 0.25) is 0 Å². The van der Waals surface area contributed by atoms with E-state index in [0.717, 1.165) is 24.5 Å². The van der Waals surface area contributed by atoms with Gasteiger partial charge in [-0.25, -0.2) is 4.68 Å². The molecule has 0 spiro atoms. The summed E-state index contributed by atoms with van der Waals surface area (Å²) in [6.07, 6.45) is 9.57. The molecule has 0 aromatic carbocycles. The van der Waals surface area contributed by atoms with E-state index in [1.54, 1.807) is 15.6 Å². The highest BCUT2D eigenvalue weighted by atomic mass is 16.2. The lowest BCUT2D eigenvalue weighted by Crippen LogP contribution is -2.31. The van der Waals surface area contributed by atoms with Gasteiger partial charge in [0, 0.05) is 20.1 Å². The minimum absolute atomic E-state index is 0.0106. The summed E-state index contributed by atoms with van der Waals surface area (Å²) in [5.74, 6) is 2.63. The van der Waals surface area contributed by atoms with Gasteiger partial charge in [-0.1, -0.05) is 17.4 Å². The molecular weight excluding hydrogens is 304 g/mol. The highest BCUT2D eigenvalue weighted by Crippen LogP contribution is 2.51. The topological polar surface area (TPSA) is 68.8 Å². The Kier molecular flexibility index (Phi) is 2.78. The summed E-state index contributed by atoms with van der Waals surface area (Å²) in [5, 5.41) is 12.5. The molecule has 7 heteroatoms. The number of aryl methyl sites for hydroxylation is 1. The van der Waals surface area contributed by atoms with Crippen molar-refractivity contribution in [3.63, 3.8) is 0 Å². The Labute approximate surface area is 139 Å². The Hall–Kier alpha value is -2.44. The number of hydrogen-bond acceptors (Lipinski definition) is 4. The van der Waals surface area contributed by atoms with Crippen LogP contribution in [0.25, 0.3) is 5.69 Å². The molecule has 0 radical (unpaired) electrons. The lowest BCUT2D eigenvalue weighted by atomic mass is 9.86. The fraction of sp³-hybridized carbons (Fsp3) is 0.529. The van der Waals surface area contributed by atoms with E-state index in [0.29, 0.717) is 29.4 Å². The summed E-state index contributed by atoms with van der Waals surface area (Å²) >= 11 is 0. The Morgan fingerprint density at radius 2 is 1.92 bits per heavy atom. The average molecular weight is 324 g/mol. The number of carbonyl (C=O) groups is 1. The molecule has 1 saturated heterocycles. The number of fused-ring (bicyclic) bond motifs is 5. The number of carbonyl (C=O) groups excluding carboxylic acids is 1. The van der Waals surface area contributed by atoms with Crippen molar-refractivity contribution in [2.24, 2.45) is 30.7 Å². The maximum Gasteiger partial charge on any atom is 0.276 e. The summed E-state index contributed by atoms with van der Waals surface area (Å²) in [6.45, 7) is 3.60. The second-order valence-corrected chi connectivity index (χ2v) is 7.29. The molecule has 3 aliphatic rings. The van der Waals surface area contributed by atoms with Crippen LogP contribution in [-0.4, -0.2) is 48.7 Å². The highest BCUT2D eigenvalue weighted by Gasteiger charge is 2.50. The van der Waals surface area contributed by atoms with E-state index in [1.807, 2.05) is 25.1 Å². The molecule has 4 atom stereocenters. The van der Waals surface area contributed by atoms with Gasteiger partial charge in [-0.15, -0.1) is 5.10 Å². The van der Waals surface area contributed by atoms with E-state index in [9.17, 15) is 4.79 Å². The van der Waals surface area contributed by atoms with Crippen molar-refractivity contribution in [3.8, 4) is 5.69 Å². The minimum Gasteiger partial charge on any atom is -0.337 e. The number of nitrogens with zero attached hydrogens (tertiary/aromatic N) is 6. The first kappa shape index (κ1) is 13.9. The van der Waals surface area contributed by atoms with E-state index >= 15 is 0 Å². The van der Waals surface area contributed by atoms with E-state index in [4.69, 9.17) is 0 Å². The largest absolute Gasteiger partial charge is 0.337 e. The maximum atomic E-state index is 13.0. The molecule has 2 fully saturated rings. The number of allylic oxidation sites excluding steroid dienone is 2. The van der Waals surface area contributed by atoms with E-state index < -0.39 is 0 Å².